The molecular formula is C17H25N3O3S. The number of nitrogens with one attached hydrogen (secondary N) is 3. The molecule has 3 N–H and O–H groups in total. The Morgan fingerprint density at radius 2 is 1.88 bits per heavy atom. The van der Waals surface area contributed by atoms with Gasteiger partial charge in [-0.15, -0.1) is 0 Å². The SMILES string of the molecule is Cc1ccc(S(=O)(=O)NCCNC(=O)C2CC23CCNCC3)cc1. The molecule has 1 saturated carbocycles. The van der Waals surface area contributed by atoms with Gasteiger partial charge >= 0.3 is 0 Å². The van der Waals surface area contributed by atoms with Crippen LogP contribution in [0.1, 0.15) is 24.8 Å². The summed E-state index contributed by atoms with van der Waals surface area (Å²) in [5.41, 5.74) is 1.22. The van der Waals surface area contributed by atoms with Gasteiger partial charge in [0.2, 0.25) is 15.9 Å². The molecule has 2 aliphatic rings. The molecule has 1 saturated heterocycles. The van der Waals surface area contributed by atoms with Gasteiger partial charge in [-0.05, 0) is 56.8 Å². The maximum atomic E-state index is 12.2. The molecule has 7 heteroatoms. The molecule has 1 atom stereocenters. The maximum Gasteiger partial charge on any atom is 0.240 e. The predicted molar refractivity (Wildman–Crippen MR) is 92.0 cm³/mol. The molecule has 6 nitrogen and oxygen atoms in total. The van der Waals surface area contributed by atoms with Crippen molar-refractivity contribution in [2.24, 2.45) is 11.3 Å². The van der Waals surface area contributed by atoms with Gasteiger partial charge in [0.1, 0.15) is 0 Å². The summed E-state index contributed by atoms with van der Waals surface area (Å²) >= 11 is 0. The summed E-state index contributed by atoms with van der Waals surface area (Å²) in [6, 6.07) is 6.70. The summed E-state index contributed by atoms with van der Waals surface area (Å²) in [5.74, 6) is 0.166. The van der Waals surface area contributed by atoms with Crippen LogP contribution in [0.5, 0.6) is 0 Å². The third-order valence-corrected chi connectivity index (χ3v) is 6.63. The van der Waals surface area contributed by atoms with Crippen molar-refractivity contribution in [1.29, 1.82) is 0 Å². The van der Waals surface area contributed by atoms with Crippen molar-refractivity contribution in [3.05, 3.63) is 29.8 Å². The zero-order chi connectivity index (χ0) is 17.2. The normalized spacial score (nSPS) is 22.3. The van der Waals surface area contributed by atoms with Gasteiger partial charge in [0.25, 0.3) is 0 Å². The lowest BCUT2D eigenvalue weighted by Crippen LogP contribution is -2.37. The molecule has 1 aliphatic heterocycles. The van der Waals surface area contributed by atoms with Crippen LogP contribution in [-0.4, -0.2) is 40.5 Å². The van der Waals surface area contributed by atoms with Crippen LogP contribution in [0.3, 0.4) is 0 Å². The van der Waals surface area contributed by atoms with Crippen molar-refractivity contribution in [3.8, 4) is 0 Å². The quantitative estimate of drug-likeness (QED) is 0.661. The van der Waals surface area contributed by atoms with E-state index < -0.39 is 10.0 Å². The largest absolute Gasteiger partial charge is 0.355 e. The molecule has 1 heterocycles. The van der Waals surface area contributed by atoms with Gasteiger partial charge in [-0.2, -0.15) is 0 Å². The standard InChI is InChI=1S/C17H25N3O3S/c1-13-2-4-14(5-3-13)24(22,23)20-11-10-19-16(21)15-12-17(15)6-8-18-9-7-17/h2-5,15,18,20H,6-12H2,1H3,(H,19,21). The van der Waals surface area contributed by atoms with E-state index in [1.165, 1.54) is 0 Å². The Hall–Kier alpha value is -1.44. The average molecular weight is 351 g/mol. The fourth-order valence-electron chi connectivity index (χ4n) is 3.49. The van der Waals surface area contributed by atoms with Crippen molar-refractivity contribution >= 4 is 15.9 Å². The number of aryl methyl sites for hydroxylation is 1. The lowest BCUT2D eigenvalue weighted by Gasteiger charge is -2.23. The third-order valence-electron chi connectivity index (χ3n) is 5.15. The molecule has 132 valence electrons. The molecule has 1 aliphatic carbocycles. The van der Waals surface area contributed by atoms with Crippen LogP contribution in [0.25, 0.3) is 0 Å². The number of carbonyl (C=O) groups excluding carboxylic acids is 1. The van der Waals surface area contributed by atoms with E-state index >= 15 is 0 Å². The predicted octanol–water partition coefficient (Wildman–Crippen LogP) is 0.779. The van der Waals surface area contributed by atoms with Crippen LogP contribution in [0, 0.1) is 18.3 Å². The monoisotopic (exact) mass is 351 g/mol. The topological polar surface area (TPSA) is 87.3 Å². The van der Waals surface area contributed by atoms with Gasteiger partial charge in [0, 0.05) is 19.0 Å². The van der Waals surface area contributed by atoms with Crippen molar-refractivity contribution < 1.29 is 13.2 Å². The Kier molecular flexibility index (Phi) is 4.94. The lowest BCUT2D eigenvalue weighted by atomic mass is 9.92. The van der Waals surface area contributed by atoms with Crippen molar-refractivity contribution in [2.45, 2.75) is 31.1 Å². The highest BCUT2D eigenvalue weighted by atomic mass is 32.2. The Balaban J connectivity index is 1.42. The molecule has 0 radical (unpaired) electrons. The lowest BCUT2D eigenvalue weighted by molar-refractivity contribution is -0.123. The van der Waals surface area contributed by atoms with E-state index in [1.807, 2.05) is 6.92 Å². The second-order valence-corrected chi connectivity index (χ2v) is 8.64. The number of carbonyl (C=O) groups is 1. The number of sulfonamides is 1. The first-order valence-corrected chi connectivity index (χ1v) is 9.96. The first-order chi connectivity index (χ1) is 11.4. The summed E-state index contributed by atoms with van der Waals surface area (Å²) in [6.45, 7) is 4.39. The minimum Gasteiger partial charge on any atom is -0.355 e. The highest BCUT2D eigenvalue weighted by molar-refractivity contribution is 7.89. The first kappa shape index (κ1) is 17.4. The fraction of sp³-hybridized carbons (Fsp3) is 0.588. The number of amides is 1. The molecule has 1 aromatic rings. The Morgan fingerprint density at radius 1 is 1.21 bits per heavy atom. The molecular weight excluding hydrogens is 326 g/mol. The zero-order valence-electron chi connectivity index (χ0n) is 14.0. The van der Waals surface area contributed by atoms with Gasteiger partial charge in [0.15, 0.2) is 0 Å². The van der Waals surface area contributed by atoms with E-state index in [4.69, 9.17) is 0 Å². The van der Waals surface area contributed by atoms with Gasteiger partial charge in [-0.25, -0.2) is 13.1 Å². The van der Waals surface area contributed by atoms with Gasteiger partial charge in [0.05, 0.1) is 4.90 Å². The fourth-order valence-corrected chi connectivity index (χ4v) is 4.52. The Bertz CT molecular complexity index is 694. The van der Waals surface area contributed by atoms with E-state index in [-0.39, 0.29) is 28.7 Å². The molecule has 24 heavy (non-hydrogen) atoms. The minimum absolute atomic E-state index is 0.0615. The Labute approximate surface area is 143 Å². The van der Waals surface area contributed by atoms with E-state index in [0.29, 0.717) is 6.54 Å². The summed E-state index contributed by atoms with van der Waals surface area (Å²) in [6.07, 6.45) is 3.09. The summed E-state index contributed by atoms with van der Waals surface area (Å²) in [5, 5.41) is 6.18. The number of rotatable bonds is 6. The van der Waals surface area contributed by atoms with Gasteiger partial charge in [-0.1, -0.05) is 17.7 Å². The molecule has 1 spiro atoms. The summed E-state index contributed by atoms with van der Waals surface area (Å²) in [4.78, 5) is 12.4. The highest BCUT2D eigenvalue weighted by Gasteiger charge is 2.57. The van der Waals surface area contributed by atoms with Crippen LogP contribution in [0.2, 0.25) is 0 Å². The van der Waals surface area contributed by atoms with E-state index in [9.17, 15) is 13.2 Å². The average Bonchev–Trinajstić information content (AvgIpc) is 3.25. The molecule has 0 bridgehead atoms. The zero-order valence-corrected chi connectivity index (χ0v) is 14.8. The summed E-state index contributed by atoms with van der Waals surface area (Å²) < 4.78 is 26.8. The molecule has 1 aromatic carbocycles. The first-order valence-electron chi connectivity index (χ1n) is 8.48. The Morgan fingerprint density at radius 3 is 2.54 bits per heavy atom. The van der Waals surface area contributed by atoms with Crippen molar-refractivity contribution in [2.75, 3.05) is 26.2 Å². The number of piperidine rings is 1. The van der Waals surface area contributed by atoms with Crippen LogP contribution in [0.15, 0.2) is 29.2 Å². The molecule has 1 unspecified atom stereocenters. The second kappa shape index (κ2) is 6.82. The minimum atomic E-state index is -3.52. The van der Waals surface area contributed by atoms with Crippen molar-refractivity contribution in [1.82, 2.24) is 15.4 Å². The highest BCUT2D eigenvalue weighted by Crippen LogP contribution is 2.58. The van der Waals surface area contributed by atoms with Gasteiger partial charge in [-0.3, -0.25) is 4.79 Å². The van der Waals surface area contributed by atoms with Crippen molar-refractivity contribution in [3.63, 3.8) is 0 Å². The second-order valence-electron chi connectivity index (χ2n) is 6.87. The molecule has 2 fully saturated rings. The molecule has 3 rings (SSSR count). The number of hydrogen-bond acceptors (Lipinski definition) is 4. The van der Waals surface area contributed by atoms with E-state index in [0.717, 1.165) is 37.9 Å². The van der Waals surface area contributed by atoms with Gasteiger partial charge < -0.3 is 10.6 Å². The molecule has 1 amide bonds. The maximum absolute atomic E-state index is 12.2. The van der Waals surface area contributed by atoms with Crippen LogP contribution in [0.4, 0.5) is 0 Å². The number of hydrogen-bond donors (Lipinski definition) is 3. The van der Waals surface area contributed by atoms with E-state index in [2.05, 4.69) is 15.4 Å². The third kappa shape index (κ3) is 3.79. The summed E-state index contributed by atoms with van der Waals surface area (Å²) in [7, 11) is -3.52. The van der Waals surface area contributed by atoms with Crippen LogP contribution < -0.4 is 15.4 Å². The van der Waals surface area contributed by atoms with Crippen LogP contribution in [-0.2, 0) is 14.8 Å². The van der Waals surface area contributed by atoms with E-state index in [1.54, 1.807) is 24.3 Å². The van der Waals surface area contributed by atoms with Crippen LogP contribution >= 0.6 is 0 Å². The number of benzene rings is 1. The molecule has 0 aromatic heterocycles. The smallest absolute Gasteiger partial charge is 0.240 e.